The van der Waals surface area contributed by atoms with Crippen molar-refractivity contribution in [2.75, 3.05) is 19.0 Å². The molecule has 2 N–H and O–H groups in total. The van der Waals surface area contributed by atoms with Crippen LogP contribution >= 0.6 is 0 Å². The number of aliphatic hydroxyl groups is 1. The van der Waals surface area contributed by atoms with E-state index < -0.39 is 5.60 Å². The van der Waals surface area contributed by atoms with E-state index in [0.717, 1.165) is 11.6 Å². The molecule has 0 unspecified atom stereocenters. The molecule has 0 bridgehead atoms. The predicted molar refractivity (Wildman–Crippen MR) is 55.6 cm³/mol. The van der Waals surface area contributed by atoms with E-state index in [-0.39, 0.29) is 0 Å². The van der Waals surface area contributed by atoms with Crippen LogP contribution in [0.2, 0.25) is 0 Å². The summed E-state index contributed by atoms with van der Waals surface area (Å²) >= 11 is 0. The van der Waals surface area contributed by atoms with E-state index in [2.05, 4.69) is 10.3 Å². The number of pyridine rings is 1. The van der Waals surface area contributed by atoms with E-state index in [4.69, 9.17) is 4.74 Å². The summed E-state index contributed by atoms with van der Waals surface area (Å²) in [5.41, 5.74) is -0.735. The first-order valence-corrected chi connectivity index (χ1v) is 4.47. The lowest BCUT2D eigenvalue weighted by molar-refractivity contribution is 0.0944. The van der Waals surface area contributed by atoms with Crippen molar-refractivity contribution in [3.63, 3.8) is 0 Å². The van der Waals surface area contributed by atoms with Gasteiger partial charge in [0.2, 0.25) is 0 Å². The maximum absolute atomic E-state index is 9.46. The zero-order valence-electron chi connectivity index (χ0n) is 8.74. The number of ether oxygens (including phenoxy) is 1. The Hall–Kier alpha value is -1.29. The van der Waals surface area contributed by atoms with Gasteiger partial charge in [0.05, 0.1) is 18.9 Å². The lowest BCUT2D eigenvalue weighted by atomic mass is 10.1. The molecule has 0 amide bonds. The highest BCUT2D eigenvalue weighted by atomic mass is 16.5. The maximum Gasteiger partial charge on any atom is 0.137 e. The molecule has 1 heterocycles. The quantitative estimate of drug-likeness (QED) is 0.761. The number of rotatable bonds is 4. The van der Waals surface area contributed by atoms with Crippen molar-refractivity contribution < 1.29 is 9.84 Å². The Kier molecular flexibility index (Phi) is 3.30. The Labute approximate surface area is 83.9 Å². The second-order valence-electron chi connectivity index (χ2n) is 3.75. The molecule has 0 spiro atoms. The van der Waals surface area contributed by atoms with Crippen molar-refractivity contribution in [1.29, 1.82) is 0 Å². The largest absolute Gasteiger partial charge is 0.495 e. The number of aromatic nitrogens is 1. The van der Waals surface area contributed by atoms with Crippen LogP contribution in [0.15, 0.2) is 18.3 Å². The number of hydrogen-bond donors (Lipinski definition) is 2. The molecule has 1 aromatic rings. The summed E-state index contributed by atoms with van der Waals surface area (Å²) in [6.07, 6.45) is 1.63. The van der Waals surface area contributed by atoms with Crippen LogP contribution in [0.3, 0.4) is 0 Å². The molecule has 14 heavy (non-hydrogen) atoms. The van der Waals surface area contributed by atoms with Gasteiger partial charge in [-0.2, -0.15) is 0 Å². The molecule has 0 saturated heterocycles. The van der Waals surface area contributed by atoms with Crippen molar-refractivity contribution in [2.24, 2.45) is 0 Å². The summed E-state index contributed by atoms with van der Waals surface area (Å²) in [6.45, 7) is 3.94. The minimum Gasteiger partial charge on any atom is -0.495 e. The van der Waals surface area contributed by atoms with Crippen LogP contribution < -0.4 is 10.1 Å². The molecule has 0 fully saturated rings. The van der Waals surface area contributed by atoms with Crippen LogP contribution in [0.4, 0.5) is 5.82 Å². The molecular weight excluding hydrogens is 180 g/mol. The summed E-state index contributed by atoms with van der Waals surface area (Å²) in [5, 5.41) is 12.5. The molecule has 0 saturated carbocycles. The number of anilines is 1. The molecule has 0 aromatic carbocycles. The third kappa shape index (κ3) is 3.62. The van der Waals surface area contributed by atoms with Crippen molar-refractivity contribution in [3.8, 4) is 5.75 Å². The van der Waals surface area contributed by atoms with Gasteiger partial charge in [0.1, 0.15) is 11.6 Å². The maximum atomic E-state index is 9.46. The van der Waals surface area contributed by atoms with Crippen LogP contribution in [-0.4, -0.2) is 29.3 Å². The van der Waals surface area contributed by atoms with Gasteiger partial charge in [0.25, 0.3) is 0 Å². The molecular formula is C10H16N2O2. The summed E-state index contributed by atoms with van der Waals surface area (Å²) in [4.78, 5) is 4.11. The van der Waals surface area contributed by atoms with Crippen LogP contribution in [0.5, 0.6) is 5.75 Å². The summed E-state index contributed by atoms with van der Waals surface area (Å²) in [6, 6.07) is 3.63. The molecule has 0 atom stereocenters. The monoisotopic (exact) mass is 196 g/mol. The number of hydrogen-bond acceptors (Lipinski definition) is 4. The molecule has 4 heteroatoms. The van der Waals surface area contributed by atoms with Gasteiger partial charge in [-0.25, -0.2) is 4.98 Å². The highest BCUT2D eigenvalue weighted by molar-refractivity contribution is 5.37. The van der Waals surface area contributed by atoms with Crippen molar-refractivity contribution in [2.45, 2.75) is 19.4 Å². The number of nitrogens with zero attached hydrogens (tertiary/aromatic N) is 1. The Morgan fingerprint density at radius 2 is 2.21 bits per heavy atom. The average molecular weight is 196 g/mol. The first kappa shape index (κ1) is 10.8. The van der Waals surface area contributed by atoms with Crippen LogP contribution in [0.1, 0.15) is 13.8 Å². The third-order valence-corrected chi connectivity index (χ3v) is 1.67. The summed E-state index contributed by atoms with van der Waals surface area (Å²) in [5.74, 6) is 1.45. The minimum absolute atomic E-state index is 0.465. The summed E-state index contributed by atoms with van der Waals surface area (Å²) in [7, 11) is 1.60. The van der Waals surface area contributed by atoms with E-state index >= 15 is 0 Å². The van der Waals surface area contributed by atoms with Crippen molar-refractivity contribution >= 4 is 5.82 Å². The number of nitrogens with one attached hydrogen (secondary N) is 1. The van der Waals surface area contributed by atoms with Gasteiger partial charge in [0, 0.05) is 6.54 Å². The molecule has 4 nitrogen and oxygen atoms in total. The topological polar surface area (TPSA) is 54.4 Å². The highest BCUT2D eigenvalue weighted by Crippen LogP contribution is 2.12. The van der Waals surface area contributed by atoms with Gasteiger partial charge in [-0.15, -0.1) is 0 Å². The van der Waals surface area contributed by atoms with Gasteiger partial charge < -0.3 is 15.2 Å². The molecule has 0 aliphatic heterocycles. The normalized spacial score (nSPS) is 11.1. The molecule has 1 rings (SSSR count). The lowest BCUT2D eigenvalue weighted by Crippen LogP contribution is -2.29. The Morgan fingerprint density at radius 3 is 2.64 bits per heavy atom. The second kappa shape index (κ2) is 4.28. The molecule has 0 radical (unpaired) electrons. The zero-order chi connectivity index (χ0) is 10.6. The minimum atomic E-state index is -0.735. The molecule has 78 valence electrons. The van der Waals surface area contributed by atoms with E-state index in [1.165, 1.54) is 0 Å². The lowest BCUT2D eigenvalue weighted by Gasteiger charge is -2.17. The van der Waals surface area contributed by atoms with Gasteiger partial charge in [0.15, 0.2) is 0 Å². The van der Waals surface area contributed by atoms with Gasteiger partial charge in [-0.05, 0) is 26.0 Å². The Balaban J connectivity index is 2.52. The molecule has 0 aliphatic rings. The summed E-state index contributed by atoms with van der Waals surface area (Å²) < 4.78 is 4.97. The Bertz CT molecular complexity index is 277. The molecule has 0 aliphatic carbocycles. The number of methoxy groups -OCH3 is 1. The first-order valence-electron chi connectivity index (χ1n) is 4.47. The Morgan fingerprint density at radius 1 is 1.50 bits per heavy atom. The SMILES string of the molecule is COc1ccc(NCC(C)(C)O)nc1. The van der Waals surface area contributed by atoms with E-state index in [0.29, 0.717) is 6.54 Å². The van der Waals surface area contributed by atoms with Crippen LogP contribution in [-0.2, 0) is 0 Å². The fourth-order valence-electron chi connectivity index (χ4n) is 0.912. The molecule has 1 aromatic heterocycles. The predicted octanol–water partition coefficient (Wildman–Crippen LogP) is 1.27. The van der Waals surface area contributed by atoms with Crippen molar-refractivity contribution in [3.05, 3.63) is 18.3 Å². The van der Waals surface area contributed by atoms with Crippen molar-refractivity contribution in [1.82, 2.24) is 4.98 Å². The van der Waals surface area contributed by atoms with E-state index in [9.17, 15) is 5.11 Å². The van der Waals surface area contributed by atoms with E-state index in [1.54, 1.807) is 27.2 Å². The smallest absolute Gasteiger partial charge is 0.137 e. The highest BCUT2D eigenvalue weighted by Gasteiger charge is 2.11. The van der Waals surface area contributed by atoms with Crippen LogP contribution in [0, 0.1) is 0 Å². The fraction of sp³-hybridized carbons (Fsp3) is 0.500. The fourth-order valence-corrected chi connectivity index (χ4v) is 0.912. The van der Waals surface area contributed by atoms with E-state index in [1.807, 2.05) is 12.1 Å². The van der Waals surface area contributed by atoms with Crippen LogP contribution in [0.25, 0.3) is 0 Å². The standard InChI is InChI=1S/C10H16N2O2/c1-10(2,13)7-12-9-5-4-8(14-3)6-11-9/h4-6,13H,7H2,1-3H3,(H,11,12). The second-order valence-corrected chi connectivity index (χ2v) is 3.75. The zero-order valence-corrected chi connectivity index (χ0v) is 8.74. The van der Waals surface area contributed by atoms with Gasteiger partial charge in [-0.1, -0.05) is 0 Å². The van der Waals surface area contributed by atoms with Gasteiger partial charge in [-0.3, -0.25) is 0 Å². The van der Waals surface area contributed by atoms with Gasteiger partial charge >= 0.3 is 0 Å². The average Bonchev–Trinajstić information content (AvgIpc) is 2.14. The first-order chi connectivity index (χ1) is 6.51. The third-order valence-electron chi connectivity index (χ3n) is 1.67.